The first-order chi connectivity index (χ1) is 9.63. The highest BCUT2D eigenvalue weighted by Gasteiger charge is 2.32. The van der Waals surface area contributed by atoms with Crippen molar-refractivity contribution in [3.05, 3.63) is 0 Å². The zero-order chi connectivity index (χ0) is 14.5. The SMILES string of the molecule is CC(C(=O)C(=O)NCC1CC1)N(C=O)C1CCCCC1. The van der Waals surface area contributed by atoms with Gasteiger partial charge in [-0.05, 0) is 38.5 Å². The van der Waals surface area contributed by atoms with E-state index in [2.05, 4.69) is 5.32 Å². The van der Waals surface area contributed by atoms with Crippen LogP contribution in [0.15, 0.2) is 0 Å². The summed E-state index contributed by atoms with van der Waals surface area (Å²) in [6, 6.07) is -0.550. The first kappa shape index (κ1) is 15.0. The van der Waals surface area contributed by atoms with Crippen LogP contribution in [0.4, 0.5) is 0 Å². The monoisotopic (exact) mass is 280 g/mol. The number of hydrogen-bond acceptors (Lipinski definition) is 3. The van der Waals surface area contributed by atoms with Gasteiger partial charge in [0, 0.05) is 12.6 Å². The van der Waals surface area contributed by atoms with Gasteiger partial charge in [0.15, 0.2) is 0 Å². The molecule has 0 aromatic rings. The van der Waals surface area contributed by atoms with Gasteiger partial charge in [-0.3, -0.25) is 14.4 Å². The van der Waals surface area contributed by atoms with Gasteiger partial charge in [0.2, 0.25) is 12.2 Å². The minimum Gasteiger partial charge on any atom is -0.349 e. The molecule has 0 aromatic heterocycles. The number of Topliss-reactive ketones (excluding diaryl/α,β-unsaturated/α-hetero) is 1. The number of rotatable bonds is 7. The molecule has 0 saturated heterocycles. The van der Waals surface area contributed by atoms with Crippen LogP contribution in [0.5, 0.6) is 0 Å². The first-order valence-electron chi connectivity index (χ1n) is 7.68. The molecule has 0 aliphatic heterocycles. The van der Waals surface area contributed by atoms with E-state index in [1.807, 2.05) is 0 Å². The van der Waals surface area contributed by atoms with E-state index in [-0.39, 0.29) is 6.04 Å². The third-order valence-corrected chi connectivity index (χ3v) is 4.42. The highest BCUT2D eigenvalue weighted by atomic mass is 16.2. The highest BCUT2D eigenvalue weighted by Crippen LogP contribution is 2.27. The second-order valence-corrected chi connectivity index (χ2v) is 6.04. The van der Waals surface area contributed by atoms with E-state index in [0.29, 0.717) is 12.5 Å². The number of ketones is 1. The van der Waals surface area contributed by atoms with Gasteiger partial charge in [-0.1, -0.05) is 19.3 Å². The Balaban J connectivity index is 1.88. The fourth-order valence-corrected chi connectivity index (χ4v) is 2.84. The fourth-order valence-electron chi connectivity index (χ4n) is 2.84. The molecular weight excluding hydrogens is 256 g/mol. The molecule has 5 nitrogen and oxygen atoms in total. The maximum absolute atomic E-state index is 12.1. The Bertz CT molecular complexity index is 373. The van der Waals surface area contributed by atoms with Gasteiger partial charge in [-0.25, -0.2) is 0 Å². The second kappa shape index (κ2) is 6.86. The molecule has 5 heteroatoms. The topological polar surface area (TPSA) is 66.5 Å². The Hall–Kier alpha value is -1.39. The third-order valence-electron chi connectivity index (χ3n) is 4.42. The summed E-state index contributed by atoms with van der Waals surface area (Å²) in [6.45, 7) is 2.24. The van der Waals surface area contributed by atoms with Crippen molar-refractivity contribution in [2.24, 2.45) is 5.92 Å². The lowest BCUT2D eigenvalue weighted by molar-refractivity contribution is -0.143. The van der Waals surface area contributed by atoms with Crippen molar-refractivity contribution in [2.45, 2.75) is 64.0 Å². The number of carbonyl (C=O) groups is 3. The predicted molar refractivity (Wildman–Crippen MR) is 75.0 cm³/mol. The minimum atomic E-state index is -0.658. The standard InChI is InChI=1S/C15H24N2O3/c1-11(14(19)15(20)16-9-12-7-8-12)17(10-18)13-5-3-2-4-6-13/h10-13H,2-9H2,1H3,(H,16,20). The first-order valence-corrected chi connectivity index (χ1v) is 7.68. The van der Waals surface area contributed by atoms with Crippen molar-refractivity contribution in [3.63, 3.8) is 0 Å². The summed E-state index contributed by atoms with van der Waals surface area (Å²) < 4.78 is 0. The predicted octanol–water partition coefficient (Wildman–Crippen LogP) is 1.26. The van der Waals surface area contributed by atoms with Gasteiger partial charge in [-0.2, -0.15) is 0 Å². The largest absolute Gasteiger partial charge is 0.349 e. The molecule has 2 fully saturated rings. The molecule has 2 amide bonds. The lowest BCUT2D eigenvalue weighted by Crippen LogP contribution is -2.50. The van der Waals surface area contributed by atoms with Crippen LogP contribution in [-0.2, 0) is 14.4 Å². The maximum Gasteiger partial charge on any atom is 0.289 e. The van der Waals surface area contributed by atoms with Crippen molar-refractivity contribution < 1.29 is 14.4 Å². The molecule has 0 aromatic carbocycles. The molecule has 2 aliphatic rings. The summed E-state index contributed by atoms with van der Waals surface area (Å²) in [7, 11) is 0. The number of amides is 2. The van der Waals surface area contributed by atoms with E-state index in [0.717, 1.165) is 44.9 Å². The molecule has 2 rings (SSSR count). The second-order valence-electron chi connectivity index (χ2n) is 6.04. The Morgan fingerprint density at radius 3 is 2.40 bits per heavy atom. The van der Waals surface area contributed by atoms with Gasteiger partial charge in [-0.15, -0.1) is 0 Å². The van der Waals surface area contributed by atoms with Crippen LogP contribution in [0.1, 0.15) is 51.9 Å². The minimum absolute atomic E-state index is 0.108. The fraction of sp³-hybridized carbons (Fsp3) is 0.800. The van der Waals surface area contributed by atoms with Crippen LogP contribution >= 0.6 is 0 Å². The molecule has 0 radical (unpaired) electrons. The van der Waals surface area contributed by atoms with Crippen LogP contribution in [0.2, 0.25) is 0 Å². The van der Waals surface area contributed by atoms with Crippen molar-refractivity contribution in [1.82, 2.24) is 10.2 Å². The molecule has 0 spiro atoms. The molecule has 1 unspecified atom stereocenters. The van der Waals surface area contributed by atoms with Crippen LogP contribution in [0, 0.1) is 5.92 Å². The van der Waals surface area contributed by atoms with E-state index in [1.165, 1.54) is 11.3 Å². The Labute approximate surface area is 120 Å². The van der Waals surface area contributed by atoms with E-state index in [1.54, 1.807) is 6.92 Å². The van der Waals surface area contributed by atoms with Crippen molar-refractivity contribution in [2.75, 3.05) is 6.54 Å². The summed E-state index contributed by atoms with van der Waals surface area (Å²) in [5.74, 6) is -0.502. The van der Waals surface area contributed by atoms with Crippen molar-refractivity contribution in [3.8, 4) is 0 Å². The quantitative estimate of drug-likeness (QED) is 0.564. The van der Waals surface area contributed by atoms with Crippen LogP contribution < -0.4 is 5.32 Å². The molecular formula is C15H24N2O3. The molecule has 2 saturated carbocycles. The van der Waals surface area contributed by atoms with Gasteiger partial charge < -0.3 is 10.2 Å². The number of nitrogens with zero attached hydrogens (tertiary/aromatic N) is 1. The van der Waals surface area contributed by atoms with Crippen molar-refractivity contribution >= 4 is 18.1 Å². The molecule has 2 aliphatic carbocycles. The number of hydrogen-bond donors (Lipinski definition) is 1. The normalized spacial score (nSPS) is 21.1. The van der Waals surface area contributed by atoms with Crippen molar-refractivity contribution in [1.29, 1.82) is 0 Å². The smallest absolute Gasteiger partial charge is 0.289 e. The summed E-state index contributed by atoms with van der Waals surface area (Å²) in [4.78, 5) is 36.8. The molecule has 1 N–H and O–H groups in total. The zero-order valence-corrected chi connectivity index (χ0v) is 12.1. The zero-order valence-electron chi connectivity index (χ0n) is 12.1. The van der Waals surface area contributed by atoms with E-state index >= 15 is 0 Å². The van der Waals surface area contributed by atoms with Crippen LogP contribution in [-0.4, -0.2) is 41.6 Å². The third kappa shape index (κ3) is 3.81. The lowest BCUT2D eigenvalue weighted by atomic mass is 9.93. The summed E-state index contributed by atoms with van der Waals surface area (Å²) in [6.07, 6.45) is 8.22. The van der Waals surface area contributed by atoms with Gasteiger partial charge in [0.1, 0.15) is 0 Å². The van der Waals surface area contributed by atoms with E-state index in [4.69, 9.17) is 0 Å². The Morgan fingerprint density at radius 1 is 1.20 bits per heavy atom. The van der Waals surface area contributed by atoms with Crippen LogP contribution in [0.3, 0.4) is 0 Å². The van der Waals surface area contributed by atoms with E-state index < -0.39 is 17.7 Å². The molecule has 0 heterocycles. The Morgan fingerprint density at radius 2 is 1.85 bits per heavy atom. The van der Waals surface area contributed by atoms with Gasteiger partial charge in [0.05, 0.1) is 6.04 Å². The van der Waals surface area contributed by atoms with Gasteiger partial charge in [0.25, 0.3) is 5.91 Å². The Kier molecular flexibility index (Phi) is 5.15. The summed E-state index contributed by atoms with van der Waals surface area (Å²) in [5, 5.41) is 2.68. The summed E-state index contributed by atoms with van der Waals surface area (Å²) >= 11 is 0. The average Bonchev–Trinajstić information content (AvgIpc) is 3.30. The average molecular weight is 280 g/mol. The van der Waals surface area contributed by atoms with Crippen LogP contribution in [0.25, 0.3) is 0 Å². The lowest BCUT2D eigenvalue weighted by Gasteiger charge is -2.34. The van der Waals surface area contributed by atoms with Gasteiger partial charge >= 0.3 is 0 Å². The molecule has 112 valence electrons. The molecule has 0 bridgehead atoms. The summed E-state index contributed by atoms with van der Waals surface area (Å²) in [5.41, 5.74) is 0. The number of nitrogens with one attached hydrogen (secondary N) is 1. The highest BCUT2D eigenvalue weighted by molar-refractivity contribution is 6.38. The molecule has 1 atom stereocenters. The molecule has 20 heavy (non-hydrogen) atoms. The maximum atomic E-state index is 12.1. The van der Waals surface area contributed by atoms with E-state index in [9.17, 15) is 14.4 Å². The number of carbonyl (C=O) groups excluding carboxylic acids is 3.